The van der Waals surface area contributed by atoms with Gasteiger partial charge in [-0.05, 0) is 60.7 Å². The Morgan fingerprint density at radius 1 is 1.20 bits per heavy atom. The summed E-state index contributed by atoms with van der Waals surface area (Å²) in [6.45, 7) is 2.71. The Morgan fingerprint density at radius 2 is 1.88 bits per heavy atom. The highest BCUT2D eigenvalue weighted by molar-refractivity contribution is 9.10. The van der Waals surface area contributed by atoms with Crippen LogP contribution >= 0.6 is 15.9 Å². The van der Waals surface area contributed by atoms with E-state index in [2.05, 4.69) is 22.0 Å². The Bertz CT molecular complexity index is 920. The number of rotatable bonds is 3. The monoisotopic (exact) mass is 421 g/mol. The van der Waals surface area contributed by atoms with Gasteiger partial charge in [0.15, 0.2) is 9.84 Å². The molecule has 0 unspecified atom stereocenters. The number of hydrogen-bond donors (Lipinski definition) is 0. The molecular formula is C19H20BrNO3S. The fourth-order valence-electron chi connectivity index (χ4n) is 3.33. The van der Waals surface area contributed by atoms with Crippen molar-refractivity contribution in [2.45, 2.75) is 25.5 Å². The first-order chi connectivity index (χ1) is 11.7. The van der Waals surface area contributed by atoms with E-state index in [-0.39, 0.29) is 11.7 Å². The fraction of sp³-hybridized carbons (Fsp3) is 0.316. The molecule has 1 aliphatic rings. The Morgan fingerprint density at radius 3 is 2.52 bits per heavy atom. The summed E-state index contributed by atoms with van der Waals surface area (Å²) in [4.78, 5) is 14.8. The van der Waals surface area contributed by atoms with E-state index in [1.165, 1.54) is 11.8 Å². The molecule has 0 aliphatic carbocycles. The maximum Gasteiger partial charge on any atom is 0.258 e. The average Bonchev–Trinajstić information content (AvgIpc) is 2.52. The van der Waals surface area contributed by atoms with Gasteiger partial charge in [0.25, 0.3) is 5.91 Å². The lowest BCUT2D eigenvalue weighted by Gasteiger charge is -2.31. The predicted molar refractivity (Wildman–Crippen MR) is 104 cm³/mol. The van der Waals surface area contributed by atoms with Crippen LogP contribution in [-0.2, 0) is 22.0 Å². The van der Waals surface area contributed by atoms with E-state index in [4.69, 9.17) is 0 Å². The van der Waals surface area contributed by atoms with Crippen LogP contribution in [0.5, 0.6) is 0 Å². The molecule has 6 heteroatoms. The number of hydrogen-bond acceptors (Lipinski definition) is 3. The van der Waals surface area contributed by atoms with Crippen LogP contribution < -0.4 is 4.90 Å². The van der Waals surface area contributed by atoms with Crippen molar-refractivity contribution in [1.29, 1.82) is 0 Å². The van der Waals surface area contributed by atoms with E-state index in [0.29, 0.717) is 17.7 Å². The van der Waals surface area contributed by atoms with Crippen molar-refractivity contribution in [3.63, 3.8) is 0 Å². The molecular weight excluding hydrogens is 402 g/mol. The highest BCUT2D eigenvalue weighted by Crippen LogP contribution is 2.34. The lowest BCUT2D eigenvalue weighted by Crippen LogP contribution is -2.36. The summed E-state index contributed by atoms with van der Waals surface area (Å²) >= 11 is 3.52. The van der Waals surface area contributed by atoms with E-state index in [0.717, 1.165) is 28.6 Å². The second-order valence-electron chi connectivity index (χ2n) is 6.56. The summed E-state index contributed by atoms with van der Waals surface area (Å²) in [5.41, 5.74) is 4.52. The Hall–Kier alpha value is -1.66. The van der Waals surface area contributed by atoms with Crippen LogP contribution in [0.3, 0.4) is 0 Å². The smallest absolute Gasteiger partial charge is 0.258 e. The van der Waals surface area contributed by atoms with E-state index < -0.39 is 9.84 Å². The van der Waals surface area contributed by atoms with Gasteiger partial charge in [0.05, 0.1) is 11.4 Å². The van der Waals surface area contributed by atoms with E-state index >= 15 is 0 Å². The molecule has 3 rings (SSSR count). The summed E-state index contributed by atoms with van der Waals surface area (Å²) in [7, 11) is -3.08. The lowest BCUT2D eigenvalue weighted by atomic mass is 9.97. The molecule has 0 radical (unpaired) electrons. The summed E-state index contributed by atoms with van der Waals surface area (Å²) in [6, 6.07) is 11.0. The van der Waals surface area contributed by atoms with Gasteiger partial charge in [0, 0.05) is 22.8 Å². The maximum absolute atomic E-state index is 13.0. The number of benzene rings is 2. The van der Waals surface area contributed by atoms with Crippen molar-refractivity contribution >= 4 is 37.4 Å². The molecule has 0 bridgehead atoms. The first kappa shape index (κ1) is 18.1. The molecule has 0 saturated heterocycles. The molecule has 2 aromatic rings. The predicted octanol–water partition coefficient (Wildman–Crippen LogP) is 3.90. The number of amides is 1. The maximum atomic E-state index is 13.0. The minimum absolute atomic E-state index is 0.0127. The van der Waals surface area contributed by atoms with Gasteiger partial charge in [-0.2, -0.15) is 0 Å². The second-order valence-corrected chi connectivity index (χ2v) is 9.61. The molecule has 25 heavy (non-hydrogen) atoms. The summed E-state index contributed by atoms with van der Waals surface area (Å²) < 4.78 is 23.8. The number of nitrogens with zero attached hydrogens (tertiary/aromatic N) is 1. The number of carbonyl (C=O) groups is 1. The van der Waals surface area contributed by atoms with E-state index in [1.807, 2.05) is 17.9 Å². The van der Waals surface area contributed by atoms with E-state index in [1.54, 1.807) is 24.3 Å². The summed E-state index contributed by atoms with van der Waals surface area (Å²) in [6.07, 6.45) is 3.10. The van der Waals surface area contributed by atoms with Crippen LogP contribution in [0.2, 0.25) is 0 Å². The number of aryl methyl sites for hydroxylation is 2. The molecule has 0 fully saturated rings. The second kappa shape index (κ2) is 6.92. The van der Waals surface area contributed by atoms with Gasteiger partial charge in [-0.1, -0.05) is 28.1 Å². The number of anilines is 1. The third-order valence-electron chi connectivity index (χ3n) is 4.32. The number of sulfone groups is 1. The van der Waals surface area contributed by atoms with Crippen LogP contribution in [0.1, 0.15) is 33.5 Å². The average molecular weight is 422 g/mol. The molecule has 1 amide bonds. The van der Waals surface area contributed by atoms with Crippen molar-refractivity contribution in [3.05, 3.63) is 63.1 Å². The topological polar surface area (TPSA) is 54.5 Å². The van der Waals surface area contributed by atoms with Crippen LogP contribution in [0.15, 0.2) is 40.9 Å². The minimum Gasteiger partial charge on any atom is -0.308 e. The third kappa shape index (κ3) is 4.12. The molecule has 4 nitrogen and oxygen atoms in total. The Labute approximate surface area is 156 Å². The molecule has 0 aromatic heterocycles. The first-order valence-electron chi connectivity index (χ1n) is 8.12. The van der Waals surface area contributed by atoms with Gasteiger partial charge < -0.3 is 4.90 Å². The van der Waals surface area contributed by atoms with Crippen molar-refractivity contribution < 1.29 is 13.2 Å². The van der Waals surface area contributed by atoms with Crippen molar-refractivity contribution in [2.24, 2.45) is 0 Å². The Balaban J connectivity index is 1.90. The van der Waals surface area contributed by atoms with Gasteiger partial charge in [-0.25, -0.2) is 8.42 Å². The zero-order valence-electron chi connectivity index (χ0n) is 14.3. The molecule has 1 heterocycles. The van der Waals surface area contributed by atoms with Crippen LogP contribution in [-0.4, -0.2) is 27.1 Å². The first-order valence-corrected chi connectivity index (χ1v) is 11.0. The van der Waals surface area contributed by atoms with Crippen LogP contribution in [0.25, 0.3) is 0 Å². The van der Waals surface area contributed by atoms with Crippen molar-refractivity contribution in [2.75, 3.05) is 17.7 Å². The lowest BCUT2D eigenvalue weighted by molar-refractivity contribution is 0.0985. The minimum atomic E-state index is -3.08. The molecule has 0 spiro atoms. The van der Waals surface area contributed by atoms with Gasteiger partial charge >= 0.3 is 0 Å². The third-order valence-corrected chi connectivity index (χ3v) is 5.63. The highest BCUT2D eigenvalue weighted by atomic mass is 79.9. The summed E-state index contributed by atoms with van der Waals surface area (Å²) in [5.74, 6) is -0.0569. The molecule has 2 aromatic carbocycles. The van der Waals surface area contributed by atoms with Gasteiger partial charge in [0.2, 0.25) is 0 Å². The molecule has 0 atom stereocenters. The number of halogens is 1. The zero-order valence-corrected chi connectivity index (χ0v) is 16.7. The summed E-state index contributed by atoms with van der Waals surface area (Å²) in [5, 5.41) is 0. The van der Waals surface area contributed by atoms with Crippen molar-refractivity contribution in [1.82, 2.24) is 0 Å². The molecule has 132 valence electrons. The highest BCUT2D eigenvalue weighted by Gasteiger charge is 2.25. The Kier molecular flexibility index (Phi) is 5.02. The van der Waals surface area contributed by atoms with Gasteiger partial charge in [-0.3, -0.25) is 4.79 Å². The zero-order chi connectivity index (χ0) is 18.2. The van der Waals surface area contributed by atoms with Crippen LogP contribution in [0, 0.1) is 6.92 Å². The fourth-order valence-corrected chi connectivity index (χ4v) is 4.74. The molecule has 0 N–H and O–H groups in total. The van der Waals surface area contributed by atoms with Gasteiger partial charge in [-0.15, -0.1) is 0 Å². The quantitative estimate of drug-likeness (QED) is 0.754. The standard InChI is InChI=1S/C19H20BrNO3S/c1-13-10-17(20)11-16-4-3-9-21(18(13)16)19(22)15-7-5-14(6-8-15)12-25(2,23)24/h5-8,10-11H,3-4,9,12H2,1-2H3. The van der Waals surface area contributed by atoms with Gasteiger partial charge in [0.1, 0.15) is 0 Å². The number of fused-ring (bicyclic) bond motifs is 1. The van der Waals surface area contributed by atoms with Crippen molar-refractivity contribution in [3.8, 4) is 0 Å². The number of carbonyl (C=O) groups excluding carboxylic acids is 1. The van der Waals surface area contributed by atoms with Crippen LogP contribution in [0.4, 0.5) is 5.69 Å². The molecule has 1 aliphatic heterocycles. The largest absolute Gasteiger partial charge is 0.308 e. The normalized spacial score (nSPS) is 14.3. The van der Waals surface area contributed by atoms with E-state index in [9.17, 15) is 13.2 Å². The molecule has 0 saturated carbocycles. The SMILES string of the molecule is Cc1cc(Br)cc2c1N(C(=O)c1ccc(CS(C)(=O)=O)cc1)CCC2.